The van der Waals surface area contributed by atoms with E-state index in [1.54, 1.807) is 0 Å². The van der Waals surface area contributed by atoms with Gasteiger partial charge in [0, 0.05) is 0 Å². The van der Waals surface area contributed by atoms with Gasteiger partial charge in [-0.1, -0.05) is 39.0 Å². The van der Waals surface area contributed by atoms with E-state index in [-0.39, 0.29) is 5.92 Å². The summed E-state index contributed by atoms with van der Waals surface area (Å²) in [6, 6.07) is 0. The minimum Gasteiger partial charge on any atom is -0.481 e. The van der Waals surface area contributed by atoms with Crippen LogP contribution in [-0.4, -0.2) is 11.1 Å². The Balaban J connectivity index is 2.07. The Morgan fingerprint density at radius 3 is 2.33 bits per heavy atom. The highest BCUT2D eigenvalue weighted by molar-refractivity contribution is 5.69. The van der Waals surface area contributed by atoms with E-state index in [9.17, 15) is 4.79 Å². The lowest BCUT2D eigenvalue weighted by molar-refractivity contribution is -0.143. The summed E-state index contributed by atoms with van der Waals surface area (Å²) in [7, 11) is 0. The van der Waals surface area contributed by atoms with Crippen LogP contribution in [0.25, 0.3) is 0 Å². The standard InChI is InChI=1S/C13H24O2/c1-2-3-4-5-6-11-7-9-12(10-8-11)13(14)15/h11-12H,2-10H2,1H3,(H,14,15). The molecule has 0 spiro atoms. The lowest BCUT2D eigenvalue weighted by atomic mass is 9.80. The summed E-state index contributed by atoms with van der Waals surface area (Å²) >= 11 is 0. The van der Waals surface area contributed by atoms with Crippen molar-refractivity contribution in [2.45, 2.75) is 64.7 Å². The molecule has 0 atom stereocenters. The minimum atomic E-state index is -0.584. The third-order valence-corrected chi connectivity index (χ3v) is 3.66. The van der Waals surface area contributed by atoms with Gasteiger partial charge in [0.1, 0.15) is 0 Å². The largest absolute Gasteiger partial charge is 0.481 e. The Hall–Kier alpha value is -0.530. The molecular weight excluding hydrogens is 188 g/mol. The molecule has 2 nitrogen and oxygen atoms in total. The normalized spacial score (nSPS) is 26.5. The summed E-state index contributed by atoms with van der Waals surface area (Å²) in [6.45, 7) is 2.23. The average Bonchev–Trinajstić information content (AvgIpc) is 2.25. The molecule has 0 aliphatic heterocycles. The van der Waals surface area contributed by atoms with Crippen LogP contribution in [0.15, 0.2) is 0 Å². The maximum Gasteiger partial charge on any atom is 0.306 e. The summed E-state index contributed by atoms with van der Waals surface area (Å²) in [5, 5.41) is 8.87. The summed E-state index contributed by atoms with van der Waals surface area (Å²) < 4.78 is 0. The second-order valence-electron chi connectivity index (χ2n) is 4.91. The maximum atomic E-state index is 10.8. The molecule has 1 aliphatic carbocycles. The molecule has 0 radical (unpaired) electrons. The molecule has 0 aromatic rings. The second kappa shape index (κ2) is 6.86. The summed E-state index contributed by atoms with van der Waals surface area (Å²) in [4.78, 5) is 10.8. The predicted octanol–water partition coefficient (Wildman–Crippen LogP) is 3.85. The fourth-order valence-corrected chi connectivity index (χ4v) is 2.56. The first-order valence-electron chi connectivity index (χ1n) is 6.46. The van der Waals surface area contributed by atoms with Crippen molar-refractivity contribution in [1.29, 1.82) is 0 Å². The van der Waals surface area contributed by atoms with E-state index >= 15 is 0 Å². The third kappa shape index (κ3) is 4.67. The van der Waals surface area contributed by atoms with E-state index < -0.39 is 5.97 Å². The van der Waals surface area contributed by atoms with Gasteiger partial charge >= 0.3 is 5.97 Å². The first kappa shape index (κ1) is 12.5. The lowest BCUT2D eigenvalue weighted by Crippen LogP contribution is -2.21. The molecule has 0 aromatic carbocycles. The van der Waals surface area contributed by atoms with Crippen LogP contribution in [0.2, 0.25) is 0 Å². The van der Waals surface area contributed by atoms with Crippen LogP contribution in [-0.2, 0) is 4.79 Å². The van der Waals surface area contributed by atoms with Gasteiger partial charge in [0.2, 0.25) is 0 Å². The summed E-state index contributed by atoms with van der Waals surface area (Å²) in [5.74, 6) is 0.189. The van der Waals surface area contributed by atoms with Gasteiger partial charge in [-0.3, -0.25) is 4.79 Å². The van der Waals surface area contributed by atoms with Crippen molar-refractivity contribution in [3.63, 3.8) is 0 Å². The topological polar surface area (TPSA) is 37.3 Å². The third-order valence-electron chi connectivity index (χ3n) is 3.66. The number of carboxylic acid groups (broad SMARTS) is 1. The van der Waals surface area contributed by atoms with Crippen LogP contribution in [0.5, 0.6) is 0 Å². The predicted molar refractivity (Wildman–Crippen MR) is 61.8 cm³/mol. The van der Waals surface area contributed by atoms with Crippen molar-refractivity contribution in [3.05, 3.63) is 0 Å². The first-order chi connectivity index (χ1) is 7.24. The smallest absolute Gasteiger partial charge is 0.306 e. The number of aliphatic carboxylic acids is 1. The van der Waals surface area contributed by atoms with E-state index in [2.05, 4.69) is 6.92 Å². The molecule has 0 bridgehead atoms. The quantitative estimate of drug-likeness (QED) is 0.679. The Morgan fingerprint density at radius 2 is 1.80 bits per heavy atom. The van der Waals surface area contributed by atoms with Gasteiger partial charge in [-0.15, -0.1) is 0 Å². The van der Waals surface area contributed by atoms with Crippen LogP contribution in [0.3, 0.4) is 0 Å². The van der Waals surface area contributed by atoms with Crippen molar-refractivity contribution in [3.8, 4) is 0 Å². The van der Waals surface area contributed by atoms with Crippen molar-refractivity contribution in [1.82, 2.24) is 0 Å². The first-order valence-corrected chi connectivity index (χ1v) is 6.46. The monoisotopic (exact) mass is 212 g/mol. The minimum absolute atomic E-state index is 0.0445. The van der Waals surface area contributed by atoms with Gasteiger partial charge in [0.05, 0.1) is 5.92 Å². The molecule has 0 saturated heterocycles. The molecule has 1 aliphatic rings. The van der Waals surface area contributed by atoms with Gasteiger partial charge < -0.3 is 5.11 Å². The highest BCUT2D eigenvalue weighted by Crippen LogP contribution is 2.32. The van der Waals surface area contributed by atoms with Gasteiger partial charge in [-0.25, -0.2) is 0 Å². The number of hydrogen-bond donors (Lipinski definition) is 1. The molecule has 0 heterocycles. The molecule has 1 fully saturated rings. The Kier molecular flexibility index (Phi) is 5.74. The molecule has 1 N–H and O–H groups in total. The zero-order chi connectivity index (χ0) is 11.1. The van der Waals surface area contributed by atoms with Crippen LogP contribution >= 0.6 is 0 Å². The summed E-state index contributed by atoms with van der Waals surface area (Å²) in [5.41, 5.74) is 0. The van der Waals surface area contributed by atoms with Crippen LogP contribution < -0.4 is 0 Å². The number of hydrogen-bond acceptors (Lipinski definition) is 1. The lowest BCUT2D eigenvalue weighted by Gasteiger charge is -2.25. The molecule has 1 rings (SSSR count). The molecule has 2 heteroatoms. The highest BCUT2D eigenvalue weighted by atomic mass is 16.4. The zero-order valence-electron chi connectivity index (χ0n) is 9.87. The summed E-state index contributed by atoms with van der Waals surface area (Å²) in [6.07, 6.45) is 10.8. The molecule has 88 valence electrons. The van der Waals surface area contributed by atoms with Crippen molar-refractivity contribution < 1.29 is 9.90 Å². The fraction of sp³-hybridized carbons (Fsp3) is 0.923. The van der Waals surface area contributed by atoms with Crippen molar-refractivity contribution in [2.75, 3.05) is 0 Å². The molecule has 0 unspecified atom stereocenters. The van der Waals surface area contributed by atoms with Crippen LogP contribution in [0.1, 0.15) is 64.7 Å². The molecular formula is C13H24O2. The van der Waals surface area contributed by atoms with Crippen LogP contribution in [0.4, 0.5) is 0 Å². The SMILES string of the molecule is CCCCCCC1CCC(C(=O)O)CC1. The Bertz CT molecular complexity index is 181. The second-order valence-corrected chi connectivity index (χ2v) is 4.91. The molecule has 0 aromatic heterocycles. The van der Waals surface area contributed by atoms with E-state index in [0.29, 0.717) is 0 Å². The highest BCUT2D eigenvalue weighted by Gasteiger charge is 2.25. The van der Waals surface area contributed by atoms with E-state index in [0.717, 1.165) is 31.6 Å². The van der Waals surface area contributed by atoms with Crippen molar-refractivity contribution in [2.24, 2.45) is 11.8 Å². The molecule has 1 saturated carbocycles. The Labute approximate surface area is 93.1 Å². The van der Waals surface area contributed by atoms with E-state index in [1.807, 2.05) is 0 Å². The zero-order valence-corrected chi connectivity index (χ0v) is 9.87. The van der Waals surface area contributed by atoms with Gasteiger partial charge in [0.15, 0.2) is 0 Å². The van der Waals surface area contributed by atoms with Gasteiger partial charge in [-0.05, 0) is 31.6 Å². The van der Waals surface area contributed by atoms with Crippen molar-refractivity contribution >= 4 is 5.97 Å². The number of carbonyl (C=O) groups is 1. The number of carboxylic acids is 1. The maximum absolute atomic E-state index is 10.8. The molecule has 15 heavy (non-hydrogen) atoms. The van der Waals surface area contributed by atoms with Crippen LogP contribution in [0, 0.1) is 11.8 Å². The Morgan fingerprint density at radius 1 is 1.13 bits per heavy atom. The average molecular weight is 212 g/mol. The van der Waals surface area contributed by atoms with E-state index in [4.69, 9.17) is 5.11 Å². The number of rotatable bonds is 6. The number of unbranched alkanes of at least 4 members (excludes halogenated alkanes) is 3. The van der Waals surface area contributed by atoms with Gasteiger partial charge in [0.25, 0.3) is 0 Å². The fourth-order valence-electron chi connectivity index (χ4n) is 2.56. The van der Waals surface area contributed by atoms with Gasteiger partial charge in [-0.2, -0.15) is 0 Å². The molecule has 0 amide bonds. The van der Waals surface area contributed by atoms with E-state index in [1.165, 1.54) is 32.1 Å².